The quantitative estimate of drug-likeness (QED) is 0.483. The van der Waals surface area contributed by atoms with Gasteiger partial charge in [-0.2, -0.15) is 0 Å². The average Bonchev–Trinajstić information content (AvgIpc) is 2.83. The van der Waals surface area contributed by atoms with Gasteiger partial charge in [0.25, 0.3) is 0 Å². The van der Waals surface area contributed by atoms with Crippen molar-refractivity contribution in [2.45, 2.75) is 44.5 Å². The largest absolute Gasteiger partial charge is 0.368 e. The van der Waals surface area contributed by atoms with E-state index in [9.17, 15) is 4.39 Å². The maximum atomic E-state index is 14.8. The van der Waals surface area contributed by atoms with E-state index in [4.69, 9.17) is 18.9 Å². The first-order chi connectivity index (χ1) is 15.3. The summed E-state index contributed by atoms with van der Waals surface area (Å²) in [5.74, 6) is 0. The summed E-state index contributed by atoms with van der Waals surface area (Å²) in [4.78, 5) is 0. The van der Waals surface area contributed by atoms with Gasteiger partial charge in [-0.15, -0.1) is 0 Å². The van der Waals surface area contributed by atoms with Gasteiger partial charge in [-0.05, 0) is 16.7 Å². The molecule has 4 rings (SSSR count). The predicted molar refractivity (Wildman–Crippen MR) is 116 cm³/mol. The molecule has 0 aliphatic carbocycles. The highest BCUT2D eigenvalue weighted by Crippen LogP contribution is 2.27. The van der Waals surface area contributed by atoms with Crippen molar-refractivity contribution in [3.8, 4) is 0 Å². The Morgan fingerprint density at radius 1 is 0.613 bits per heavy atom. The molecule has 0 N–H and O–H groups in total. The third kappa shape index (κ3) is 6.21. The van der Waals surface area contributed by atoms with E-state index in [-0.39, 0.29) is 13.2 Å². The highest BCUT2D eigenvalue weighted by atomic mass is 19.1. The second kappa shape index (κ2) is 11.2. The first-order valence-corrected chi connectivity index (χ1v) is 10.5. The van der Waals surface area contributed by atoms with Gasteiger partial charge >= 0.3 is 0 Å². The average molecular weight is 422 g/mol. The van der Waals surface area contributed by atoms with E-state index in [1.807, 2.05) is 91.0 Å². The summed E-state index contributed by atoms with van der Waals surface area (Å²) >= 11 is 0. The smallest absolute Gasteiger partial charge is 0.228 e. The van der Waals surface area contributed by atoms with Crippen LogP contribution in [0, 0.1) is 0 Å². The first-order valence-electron chi connectivity index (χ1n) is 10.5. The Bertz CT molecular complexity index is 891. The minimum Gasteiger partial charge on any atom is -0.368 e. The van der Waals surface area contributed by atoms with Crippen LogP contribution in [0.4, 0.5) is 4.39 Å². The van der Waals surface area contributed by atoms with Crippen molar-refractivity contribution in [2.24, 2.45) is 0 Å². The fraction of sp³-hybridized carbons (Fsp3) is 0.308. The zero-order valence-corrected chi connectivity index (χ0v) is 17.3. The van der Waals surface area contributed by atoms with E-state index < -0.39 is 24.7 Å². The summed E-state index contributed by atoms with van der Waals surface area (Å²) in [7, 11) is 0. The van der Waals surface area contributed by atoms with Crippen LogP contribution in [-0.4, -0.2) is 31.3 Å². The number of alkyl halides is 1. The molecule has 3 aromatic rings. The zero-order chi connectivity index (χ0) is 21.3. The molecular weight excluding hydrogens is 395 g/mol. The van der Waals surface area contributed by atoms with Gasteiger partial charge in [-0.25, -0.2) is 4.39 Å². The van der Waals surface area contributed by atoms with E-state index in [1.165, 1.54) is 0 Å². The number of hydrogen-bond donors (Lipinski definition) is 0. The fourth-order valence-electron chi connectivity index (χ4n) is 3.56. The summed E-state index contributed by atoms with van der Waals surface area (Å²) in [6.07, 6.45) is -3.52. The lowest BCUT2D eigenvalue weighted by Gasteiger charge is -2.39. The molecule has 0 spiro atoms. The third-order valence-corrected chi connectivity index (χ3v) is 5.25. The predicted octanol–water partition coefficient (Wildman–Crippen LogP) is 5.07. The van der Waals surface area contributed by atoms with Crippen LogP contribution < -0.4 is 0 Å². The van der Waals surface area contributed by atoms with Gasteiger partial charge in [0.1, 0.15) is 18.3 Å². The van der Waals surface area contributed by atoms with Gasteiger partial charge in [-0.1, -0.05) is 91.0 Å². The van der Waals surface area contributed by atoms with Crippen molar-refractivity contribution in [2.75, 3.05) is 6.61 Å². The number of hydrogen-bond acceptors (Lipinski definition) is 4. The van der Waals surface area contributed by atoms with Crippen LogP contribution in [-0.2, 0) is 38.8 Å². The fourth-order valence-corrected chi connectivity index (χ4v) is 3.56. The van der Waals surface area contributed by atoms with E-state index >= 15 is 0 Å². The summed E-state index contributed by atoms with van der Waals surface area (Å²) in [6, 6.07) is 29.4. The van der Waals surface area contributed by atoms with Crippen molar-refractivity contribution < 1.29 is 23.3 Å². The molecule has 5 heteroatoms. The van der Waals surface area contributed by atoms with Gasteiger partial charge in [-0.3, -0.25) is 0 Å². The molecule has 1 heterocycles. The SMILES string of the molecule is F[C@H]1OC[C@@H](OCc2ccccc2)[C@H](OCc2ccccc2)[C@H]1OCc1ccccc1. The van der Waals surface area contributed by atoms with Gasteiger partial charge in [0.2, 0.25) is 6.36 Å². The van der Waals surface area contributed by atoms with Crippen LogP contribution in [0.3, 0.4) is 0 Å². The molecule has 1 saturated heterocycles. The number of rotatable bonds is 9. The van der Waals surface area contributed by atoms with Crippen molar-refractivity contribution in [1.82, 2.24) is 0 Å². The maximum absolute atomic E-state index is 14.8. The normalized spacial score (nSPS) is 23.5. The first kappa shape index (κ1) is 21.7. The lowest BCUT2D eigenvalue weighted by Crippen LogP contribution is -2.54. The molecule has 1 fully saturated rings. The minimum atomic E-state index is -1.58. The van der Waals surface area contributed by atoms with Crippen LogP contribution in [0.1, 0.15) is 16.7 Å². The van der Waals surface area contributed by atoms with E-state index in [0.29, 0.717) is 13.2 Å². The third-order valence-electron chi connectivity index (χ3n) is 5.25. The van der Waals surface area contributed by atoms with Gasteiger partial charge < -0.3 is 18.9 Å². The minimum absolute atomic E-state index is 0.110. The van der Waals surface area contributed by atoms with Crippen LogP contribution in [0.15, 0.2) is 91.0 Å². The number of ether oxygens (including phenoxy) is 4. The van der Waals surface area contributed by atoms with Crippen molar-refractivity contribution in [3.63, 3.8) is 0 Å². The highest BCUT2D eigenvalue weighted by molar-refractivity contribution is 5.15. The van der Waals surface area contributed by atoms with Gasteiger partial charge in [0.15, 0.2) is 0 Å². The molecular formula is C26H27FO4. The van der Waals surface area contributed by atoms with Crippen LogP contribution >= 0.6 is 0 Å². The number of halogens is 1. The standard InChI is InChI=1S/C26H27FO4/c27-26-25(30-18-22-14-8-3-9-15-22)24(29-17-21-12-6-2-7-13-21)23(19-31-26)28-16-20-10-4-1-5-11-20/h1-15,23-26H,16-19H2/t23-,24+,25-,26+/m1/s1. The van der Waals surface area contributed by atoms with Crippen LogP contribution in [0.2, 0.25) is 0 Å². The Morgan fingerprint density at radius 2 is 1.03 bits per heavy atom. The topological polar surface area (TPSA) is 36.9 Å². The van der Waals surface area contributed by atoms with Gasteiger partial charge in [0, 0.05) is 0 Å². The molecule has 4 atom stereocenters. The van der Waals surface area contributed by atoms with Crippen LogP contribution in [0.5, 0.6) is 0 Å². The Kier molecular flexibility index (Phi) is 7.80. The zero-order valence-electron chi connectivity index (χ0n) is 17.3. The Labute approximate surface area is 182 Å². The summed E-state index contributed by atoms with van der Waals surface area (Å²) in [5, 5.41) is 0. The molecule has 0 bridgehead atoms. The molecule has 3 aromatic carbocycles. The molecule has 31 heavy (non-hydrogen) atoms. The van der Waals surface area contributed by atoms with Crippen molar-refractivity contribution in [3.05, 3.63) is 108 Å². The molecule has 0 radical (unpaired) electrons. The lowest BCUT2D eigenvalue weighted by molar-refractivity contribution is -0.266. The molecule has 4 nitrogen and oxygen atoms in total. The van der Waals surface area contributed by atoms with E-state index in [0.717, 1.165) is 16.7 Å². The molecule has 0 amide bonds. The molecule has 0 saturated carbocycles. The van der Waals surface area contributed by atoms with Crippen molar-refractivity contribution in [1.29, 1.82) is 0 Å². The second-order valence-electron chi connectivity index (χ2n) is 7.54. The second-order valence-corrected chi connectivity index (χ2v) is 7.54. The Balaban J connectivity index is 1.46. The lowest BCUT2D eigenvalue weighted by atomic mass is 10.0. The Morgan fingerprint density at radius 3 is 1.52 bits per heavy atom. The maximum Gasteiger partial charge on any atom is 0.228 e. The number of benzene rings is 3. The molecule has 162 valence electrons. The van der Waals surface area contributed by atoms with Crippen LogP contribution in [0.25, 0.3) is 0 Å². The molecule has 1 aliphatic rings. The van der Waals surface area contributed by atoms with Crippen molar-refractivity contribution >= 4 is 0 Å². The highest BCUT2D eigenvalue weighted by Gasteiger charge is 2.43. The van der Waals surface area contributed by atoms with Gasteiger partial charge in [0.05, 0.1) is 26.4 Å². The Hall–Kier alpha value is -2.57. The monoisotopic (exact) mass is 422 g/mol. The molecule has 1 aliphatic heterocycles. The van der Waals surface area contributed by atoms with E-state index in [1.54, 1.807) is 0 Å². The molecule has 0 aromatic heterocycles. The van der Waals surface area contributed by atoms with E-state index in [2.05, 4.69) is 0 Å². The summed E-state index contributed by atoms with van der Waals surface area (Å²) in [5.41, 5.74) is 3.00. The summed E-state index contributed by atoms with van der Waals surface area (Å²) in [6.45, 7) is 1.11. The molecule has 0 unspecified atom stereocenters. The summed E-state index contributed by atoms with van der Waals surface area (Å²) < 4.78 is 38.4.